The SMILES string of the molecule is CNC(=O)[C@H]1[C@H](NC(=O)[C@H]2[C@H](NC(=O)OC)[C@H]3C=C[C@@H]2O3)[C@H]2C=C[C@@H]1O2. The fourth-order valence-corrected chi connectivity index (χ4v) is 4.21. The highest BCUT2D eigenvalue weighted by atomic mass is 16.5. The fraction of sp³-hybridized carbons (Fsp3) is 0.588. The van der Waals surface area contributed by atoms with Gasteiger partial charge >= 0.3 is 6.09 Å². The highest BCUT2D eigenvalue weighted by Gasteiger charge is 2.54. The van der Waals surface area contributed by atoms with Crippen LogP contribution in [0.2, 0.25) is 0 Å². The predicted molar refractivity (Wildman–Crippen MR) is 87.9 cm³/mol. The Hall–Kier alpha value is -2.39. The number of carbonyl (C=O) groups is 3. The topological polar surface area (TPSA) is 115 Å². The van der Waals surface area contributed by atoms with Crippen LogP contribution in [0, 0.1) is 11.8 Å². The highest BCUT2D eigenvalue weighted by molar-refractivity contribution is 5.85. The lowest BCUT2D eigenvalue weighted by Gasteiger charge is -2.29. The normalized spacial score (nSPS) is 41.3. The zero-order valence-corrected chi connectivity index (χ0v) is 14.4. The average molecular weight is 363 g/mol. The summed E-state index contributed by atoms with van der Waals surface area (Å²) in [4.78, 5) is 36.8. The van der Waals surface area contributed by atoms with Crippen LogP contribution in [0.25, 0.3) is 0 Å². The summed E-state index contributed by atoms with van der Waals surface area (Å²) >= 11 is 0. The molecule has 0 unspecified atom stereocenters. The highest BCUT2D eigenvalue weighted by Crippen LogP contribution is 2.37. The quantitative estimate of drug-likeness (QED) is 0.543. The number of hydrogen-bond acceptors (Lipinski definition) is 6. The standard InChI is InChI=1S/C17H21N3O6/c1-18-15(21)11-7-3-5-9(25-7)13(11)19-16(22)12-8-4-6-10(26-8)14(12)20-17(23)24-2/h3-14H,1-2H3,(H,18,21)(H,19,22)(H,20,23)/t7-,8-,9+,10+,11+,12+,13+,14+/m0/s1. The van der Waals surface area contributed by atoms with E-state index in [1.807, 2.05) is 24.3 Å². The number of nitrogens with one attached hydrogen (secondary N) is 3. The van der Waals surface area contributed by atoms with Crippen LogP contribution >= 0.6 is 0 Å². The van der Waals surface area contributed by atoms with E-state index in [9.17, 15) is 14.4 Å². The van der Waals surface area contributed by atoms with Gasteiger partial charge in [0, 0.05) is 7.05 Å². The molecule has 0 aromatic rings. The minimum Gasteiger partial charge on any atom is -0.453 e. The van der Waals surface area contributed by atoms with Gasteiger partial charge in [0.25, 0.3) is 0 Å². The monoisotopic (exact) mass is 363 g/mol. The average Bonchev–Trinajstić information content (AvgIpc) is 3.41. The van der Waals surface area contributed by atoms with Crippen molar-refractivity contribution in [3.8, 4) is 0 Å². The lowest BCUT2D eigenvalue weighted by atomic mass is 9.85. The van der Waals surface area contributed by atoms with Crippen molar-refractivity contribution in [3.63, 3.8) is 0 Å². The van der Waals surface area contributed by atoms with Crippen molar-refractivity contribution in [3.05, 3.63) is 24.3 Å². The first-order valence-electron chi connectivity index (χ1n) is 8.57. The molecule has 140 valence electrons. The Morgan fingerprint density at radius 2 is 1.31 bits per heavy atom. The number of rotatable bonds is 4. The number of ether oxygens (including phenoxy) is 3. The molecule has 2 fully saturated rings. The van der Waals surface area contributed by atoms with Gasteiger partial charge in [0.05, 0.1) is 55.4 Å². The lowest BCUT2D eigenvalue weighted by molar-refractivity contribution is -0.129. The molecule has 0 radical (unpaired) electrons. The molecule has 4 rings (SSSR count). The molecule has 4 aliphatic heterocycles. The first kappa shape index (κ1) is 17.0. The van der Waals surface area contributed by atoms with Gasteiger partial charge in [0.1, 0.15) is 0 Å². The van der Waals surface area contributed by atoms with Crippen LogP contribution in [0.3, 0.4) is 0 Å². The minimum absolute atomic E-state index is 0.180. The van der Waals surface area contributed by atoms with Crippen molar-refractivity contribution in [2.24, 2.45) is 11.8 Å². The largest absolute Gasteiger partial charge is 0.453 e. The van der Waals surface area contributed by atoms with Gasteiger partial charge in [-0.3, -0.25) is 9.59 Å². The minimum atomic E-state index is -0.619. The van der Waals surface area contributed by atoms with Crippen LogP contribution in [-0.4, -0.2) is 68.6 Å². The van der Waals surface area contributed by atoms with Gasteiger partial charge in [-0.25, -0.2) is 4.79 Å². The molecule has 0 spiro atoms. The summed E-state index contributed by atoms with van der Waals surface area (Å²) in [6.45, 7) is 0. The van der Waals surface area contributed by atoms with E-state index < -0.39 is 36.1 Å². The summed E-state index contributed by atoms with van der Waals surface area (Å²) in [5.41, 5.74) is 0. The Bertz CT molecular complexity index is 692. The van der Waals surface area contributed by atoms with Crippen molar-refractivity contribution in [2.45, 2.75) is 36.5 Å². The second-order valence-corrected chi connectivity index (χ2v) is 6.76. The van der Waals surface area contributed by atoms with Crippen LogP contribution in [0.1, 0.15) is 0 Å². The zero-order valence-electron chi connectivity index (χ0n) is 14.4. The van der Waals surface area contributed by atoms with Crippen molar-refractivity contribution in [1.82, 2.24) is 16.0 Å². The number of hydrogen-bond donors (Lipinski definition) is 3. The Balaban J connectivity index is 1.50. The first-order valence-corrected chi connectivity index (χ1v) is 8.57. The molecular formula is C17H21N3O6. The van der Waals surface area contributed by atoms with E-state index in [2.05, 4.69) is 20.7 Å². The summed E-state index contributed by atoms with van der Waals surface area (Å²) in [7, 11) is 2.82. The summed E-state index contributed by atoms with van der Waals surface area (Å²) in [5, 5.41) is 8.23. The maximum absolute atomic E-state index is 13.0. The molecule has 9 heteroatoms. The van der Waals surface area contributed by atoms with E-state index in [1.54, 1.807) is 7.05 Å². The Labute approximate surface area is 150 Å². The van der Waals surface area contributed by atoms with Gasteiger partial charge in [-0.15, -0.1) is 0 Å². The van der Waals surface area contributed by atoms with E-state index in [1.165, 1.54) is 7.11 Å². The molecule has 0 aromatic carbocycles. The molecule has 0 saturated carbocycles. The lowest BCUT2D eigenvalue weighted by Crippen LogP contribution is -2.56. The van der Waals surface area contributed by atoms with E-state index in [-0.39, 0.29) is 30.1 Å². The third-order valence-corrected chi connectivity index (χ3v) is 5.43. The van der Waals surface area contributed by atoms with E-state index >= 15 is 0 Å². The van der Waals surface area contributed by atoms with Crippen molar-refractivity contribution < 1.29 is 28.6 Å². The van der Waals surface area contributed by atoms with Gasteiger partial charge < -0.3 is 30.2 Å². The zero-order chi connectivity index (χ0) is 18.4. The summed E-state index contributed by atoms with van der Waals surface area (Å²) in [6.07, 6.45) is 5.25. The molecule has 4 heterocycles. The second-order valence-electron chi connectivity index (χ2n) is 6.76. The fourth-order valence-electron chi connectivity index (χ4n) is 4.21. The summed E-state index contributed by atoms with van der Waals surface area (Å²) < 4.78 is 16.1. The van der Waals surface area contributed by atoms with Gasteiger partial charge in [-0.05, 0) is 0 Å². The molecule has 9 nitrogen and oxygen atoms in total. The van der Waals surface area contributed by atoms with Crippen LogP contribution in [-0.2, 0) is 23.8 Å². The van der Waals surface area contributed by atoms with Gasteiger partial charge in [-0.2, -0.15) is 0 Å². The van der Waals surface area contributed by atoms with Crippen LogP contribution in [0.5, 0.6) is 0 Å². The Morgan fingerprint density at radius 1 is 0.808 bits per heavy atom. The van der Waals surface area contributed by atoms with Crippen molar-refractivity contribution in [1.29, 1.82) is 0 Å². The van der Waals surface area contributed by atoms with E-state index in [4.69, 9.17) is 9.47 Å². The van der Waals surface area contributed by atoms with Crippen LogP contribution < -0.4 is 16.0 Å². The van der Waals surface area contributed by atoms with E-state index in [0.29, 0.717) is 0 Å². The molecule has 4 bridgehead atoms. The second kappa shape index (κ2) is 6.40. The first-order chi connectivity index (χ1) is 12.5. The number of fused-ring (bicyclic) bond motifs is 4. The molecule has 8 atom stereocenters. The molecular weight excluding hydrogens is 342 g/mol. The van der Waals surface area contributed by atoms with Crippen LogP contribution in [0.4, 0.5) is 4.79 Å². The maximum atomic E-state index is 13.0. The number of methoxy groups -OCH3 is 1. The predicted octanol–water partition coefficient (Wildman–Crippen LogP) is -1.15. The Morgan fingerprint density at radius 3 is 1.85 bits per heavy atom. The third kappa shape index (κ3) is 2.58. The molecule has 2 saturated heterocycles. The van der Waals surface area contributed by atoms with Gasteiger partial charge in [0.2, 0.25) is 11.8 Å². The molecule has 0 aliphatic carbocycles. The smallest absolute Gasteiger partial charge is 0.407 e. The number of amides is 3. The third-order valence-electron chi connectivity index (χ3n) is 5.43. The van der Waals surface area contributed by atoms with Gasteiger partial charge in [-0.1, -0.05) is 24.3 Å². The summed E-state index contributed by atoms with van der Waals surface area (Å²) in [5.74, 6) is -1.55. The van der Waals surface area contributed by atoms with Crippen molar-refractivity contribution in [2.75, 3.05) is 14.2 Å². The molecule has 26 heavy (non-hydrogen) atoms. The van der Waals surface area contributed by atoms with Gasteiger partial charge in [0.15, 0.2) is 0 Å². The molecule has 3 amide bonds. The molecule has 0 aromatic heterocycles. The van der Waals surface area contributed by atoms with E-state index in [0.717, 1.165) is 0 Å². The summed E-state index contributed by atoms with van der Waals surface area (Å²) in [6, 6.07) is -0.981. The number of carbonyl (C=O) groups excluding carboxylic acids is 3. The molecule has 4 aliphatic rings. The Kier molecular flexibility index (Phi) is 4.20. The maximum Gasteiger partial charge on any atom is 0.407 e. The van der Waals surface area contributed by atoms with Crippen LogP contribution in [0.15, 0.2) is 24.3 Å². The van der Waals surface area contributed by atoms with Crippen molar-refractivity contribution >= 4 is 17.9 Å². The molecule has 3 N–H and O–H groups in total. The number of alkyl carbamates (subject to hydrolysis) is 1.